The van der Waals surface area contributed by atoms with Crippen molar-refractivity contribution in [2.24, 2.45) is 0 Å². The molecule has 2 aliphatic heterocycles. The Morgan fingerprint density at radius 2 is 2.03 bits per heavy atom. The molecule has 0 amide bonds. The van der Waals surface area contributed by atoms with Crippen molar-refractivity contribution in [1.29, 1.82) is 0 Å². The Morgan fingerprint density at radius 3 is 2.67 bits per heavy atom. The van der Waals surface area contributed by atoms with Crippen LogP contribution < -0.4 is 15.0 Å². The maximum absolute atomic E-state index is 12.0. The molecule has 2 N–H and O–H groups in total. The molecule has 0 spiro atoms. The molecule has 0 saturated carbocycles. The van der Waals surface area contributed by atoms with Gasteiger partial charge in [-0.1, -0.05) is 17.3 Å². The van der Waals surface area contributed by atoms with Crippen molar-refractivity contribution in [2.45, 2.75) is 32.0 Å². The first-order valence-corrected chi connectivity index (χ1v) is 13.6. The van der Waals surface area contributed by atoms with Crippen molar-refractivity contribution in [3.63, 3.8) is 0 Å². The van der Waals surface area contributed by atoms with E-state index in [-0.39, 0.29) is 18.7 Å². The van der Waals surface area contributed by atoms with Gasteiger partial charge in [-0.25, -0.2) is 18.4 Å². The number of aliphatic hydroxyl groups excluding tert-OH is 1. The molecule has 2 unspecified atom stereocenters. The molecule has 36 heavy (non-hydrogen) atoms. The SMILES string of the molecule is CNCC(O)COc1cccc(-c2nc(-c3c(C)noc3C)cc(N3CC4[C@@H]3CN4S(C)(=O)=O)n2)c1. The monoisotopic (exact) mass is 514 g/mol. The summed E-state index contributed by atoms with van der Waals surface area (Å²) >= 11 is 0. The van der Waals surface area contributed by atoms with Gasteiger partial charge in [-0.2, -0.15) is 4.31 Å². The van der Waals surface area contributed by atoms with Crippen LogP contribution in [0, 0.1) is 13.8 Å². The molecule has 0 radical (unpaired) electrons. The van der Waals surface area contributed by atoms with E-state index in [0.717, 1.165) is 22.6 Å². The minimum absolute atomic E-state index is 0.0262. The van der Waals surface area contributed by atoms with E-state index in [1.807, 2.05) is 44.2 Å². The van der Waals surface area contributed by atoms with Crippen molar-refractivity contribution in [3.8, 4) is 28.4 Å². The lowest BCUT2D eigenvalue weighted by atomic mass is 9.88. The predicted molar refractivity (Wildman–Crippen MR) is 134 cm³/mol. The standard InChI is InChI=1S/C24H30N6O5S/c1-14-23(15(2)35-28-14)19-9-22(29-11-21-20(29)12-30(21)36(4,32)33)27-24(26-19)16-6-5-7-18(8-16)34-13-17(31)10-25-3/h5-9,17,20-21,25,31H,10-13H2,1-4H3/t17?,20-,21?/m0/s1. The summed E-state index contributed by atoms with van der Waals surface area (Å²) in [4.78, 5) is 11.8. The molecular formula is C24H30N6O5S. The number of rotatable bonds is 9. The van der Waals surface area contributed by atoms with E-state index in [4.69, 9.17) is 19.2 Å². The number of nitrogens with zero attached hydrogens (tertiary/aromatic N) is 5. The zero-order valence-electron chi connectivity index (χ0n) is 20.7. The lowest BCUT2D eigenvalue weighted by molar-refractivity contribution is 0.0928. The molecule has 0 aliphatic carbocycles. The van der Waals surface area contributed by atoms with Gasteiger partial charge in [-0.15, -0.1) is 0 Å². The van der Waals surface area contributed by atoms with Crippen LogP contribution in [0.3, 0.4) is 0 Å². The Hall–Kier alpha value is -3.06. The van der Waals surface area contributed by atoms with E-state index in [9.17, 15) is 13.5 Å². The number of benzene rings is 1. The number of hydrogen-bond acceptors (Lipinski definition) is 10. The largest absolute Gasteiger partial charge is 0.491 e. The number of likely N-dealkylation sites (N-methyl/N-ethyl adjacent to an activating group) is 1. The average molecular weight is 515 g/mol. The summed E-state index contributed by atoms with van der Waals surface area (Å²) in [7, 11) is -1.44. The summed E-state index contributed by atoms with van der Waals surface area (Å²) in [5, 5.41) is 17.0. The molecule has 2 aliphatic rings. The van der Waals surface area contributed by atoms with Gasteiger partial charge in [0.2, 0.25) is 10.0 Å². The maximum Gasteiger partial charge on any atom is 0.211 e. The van der Waals surface area contributed by atoms with Gasteiger partial charge in [-0.3, -0.25) is 0 Å². The van der Waals surface area contributed by atoms with E-state index in [0.29, 0.717) is 42.7 Å². The average Bonchev–Trinajstić information content (AvgIpc) is 3.16. The van der Waals surface area contributed by atoms with E-state index in [2.05, 4.69) is 15.4 Å². The first-order valence-electron chi connectivity index (χ1n) is 11.8. The normalized spacial score (nSPS) is 20.4. The van der Waals surface area contributed by atoms with Crippen LogP contribution in [0.25, 0.3) is 22.6 Å². The van der Waals surface area contributed by atoms with Crippen molar-refractivity contribution >= 4 is 15.8 Å². The number of fused-ring (bicyclic) bond motifs is 1. The van der Waals surface area contributed by atoms with Gasteiger partial charge in [0.1, 0.15) is 30.0 Å². The van der Waals surface area contributed by atoms with Gasteiger partial charge in [-0.05, 0) is 33.0 Å². The fraction of sp³-hybridized carbons (Fsp3) is 0.458. The fourth-order valence-corrected chi connectivity index (χ4v) is 5.88. The third-order valence-corrected chi connectivity index (χ3v) is 7.93. The summed E-state index contributed by atoms with van der Waals surface area (Å²) in [6, 6.07) is 9.39. The first kappa shape index (κ1) is 24.6. The molecule has 5 rings (SSSR count). The van der Waals surface area contributed by atoms with Crippen LogP contribution in [0.1, 0.15) is 11.5 Å². The molecule has 4 heterocycles. The molecule has 3 aromatic rings. The quantitative estimate of drug-likeness (QED) is 0.429. The second-order valence-corrected chi connectivity index (χ2v) is 11.2. The smallest absolute Gasteiger partial charge is 0.211 e. The maximum atomic E-state index is 12.0. The van der Waals surface area contributed by atoms with Gasteiger partial charge >= 0.3 is 0 Å². The van der Waals surface area contributed by atoms with E-state index in [1.54, 1.807) is 7.05 Å². The Kier molecular flexibility index (Phi) is 6.45. The Morgan fingerprint density at radius 1 is 1.22 bits per heavy atom. The molecule has 192 valence electrons. The lowest BCUT2D eigenvalue weighted by Crippen LogP contribution is -2.79. The highest BCUT2D eigenvalue weighted by Crippen LogP contribution is 2.40. The number of aromatic nitrogens is 3. The number of hydrogen-bond donors (Lipinski definition) is 2. The second kappa shape index (κ2) is 9.43. The third-order valence-electron chi connectivity index (χ3n) is 6.66. The van der Waals surface area contributed by atoms with Crippen LogP contribution in [0.5, 0.6) is 5.75 Å². The second-order valence-electron chi connectivity index (χ2n) is 9.30. The summed E-state index contributed by atoms with van der Waals surface area (Å²) in [6.45, 7) is 5.32. The number of sulfonamides is 1. The van der Waals surface area contributed by atoms with Crippen LogP contribution in [0.15, 0.2) is 34.9 Å². The third kappa shape index (κ3) is 4.57. The minimum atomic E-state index is -3.21. The van der Waals surface area contributed by atoms with Gasteiger partial charge in [0.15, 0.2) is 5.82 Å². The van der Waals surface area contributed by atoms with Crippen LogP contribution in [0.2, 0.25) is 0 Å². The van der Waals surface area contributed by atoms with Crippen molar-refractivity contribution in [1.82, 2.24) is 24.7 Å². The van der Waals surface area contributed by atoms with E-state index in [1.165, 1.54) is 10.6 Å². The summed E-state index contributed by atoms with van der Waals surface area (Å²) in [5.74, 6) is 2.49. The predicted octanol–water partition coefficient (Wildman–Crippen LogP) is 1.21. The fourth-order valence-electron chi connectivity index (χ4n) is 4.76. The summed E-state index contributed by atoms with van der Waals surface area (Å²) in [5.41, 5.74) is 2.98. The summed E-state index contributed by atoms with van der Waals surface area (Å²) in [6.07, 6.45) is 0.620. The van der Waals surface area contributed by atoms with Gasteiger partial charge in [0, 0.05) is 31.3 Å². The molecule has 0 bridgehead atoms. The summed E-state index contributed by atoms with van der Waals surface area (Å²) < 4.78 is 36.6. The molecule has 12 heteroatoms. The molecule has 3 atom stereocenters. The number of ether oxygens (including phenoxy) is 1. The Balaban J connectivity index is 1.47. The Labute approximate surface area is 210 Å². The van der Waals surface area contributed by atoms with Gasteiger partial charge in [0.25, 0.3) is 0 Å². The topological polar surface area (TPSA) is 134 Å². The Bertz CT molecular complexity index is 1360. The number of anilines is 1. The number of aliphatic hydroxyl groups is 1. The highest BCUT2D eigenvalue weighted by molar-refractivity contribution is 7.88. The van der Waals surface area contributed by atoms with E-state index >= 15 is 0 Å². The highest BCUT2D eigenvalue weighted by atomic mass is 32.2. The first-order chi connectivity index (χ1) is 17.2. The van der Waals surface area contributed by atoms with Crippen LogP contribution in [-0.2, 0) is 10.0 Å². The zero-order chi connectivity index (χ0) is 25.6. The number of nitrogens with one attached hydrogen (secondary N) is 1. The van der Waals surface area contributed by atoms with Crippen LogP contribution in [0.4, 0.5) is 5.82 Å². The number of aryl methyl sites for hydroxylation is 2. The van der Waals surface area contributed by atoms with Crippen molar-refractivity contribution < 1.29 is 22.8 Å². The van der Waals surface area contributed by atoms with E-state index < -0.39 is 16.1 Å². The van der Waals surface area contributed by atoms with Gasteiger partial charge < -0.3 is 24.6 Å². The van der Waals surface area contributed by atoms with Crippen molar-refractivity contribution in [3.05, 3.63) is 41.8 Å². The molecule has 2 fully saturated rings. The van der Waals surface area contributed by atoms with Crippen LogP contribution >= 0.6 is 0 Å². The lowest BCUT2D eigenvalue weighted by Gasteiger charge is -2.61. The highest BCUT2D eigenvalue weighted by Gasteiger charge is 2.55. The zero-order valence-corrected chi connectivity index (χ0v) is 21.5. The molecule has 2 saturated heterocycles. The molecule has 2 aromatic heterocycles. The molecule has 11 nitrogen and oxygen atoms in total. The van der Waals surface area contributed by atoms with Gasteiger partial charge in [0.05, 0.1) is 35.3 Å². The number of piperazine rings is 1. The van der Waals surface area contributed by atoms with Crippen molar-refractivity contribution in [2.75, 3.05) is 44.4 Å². The van der Waals surface area contributed by atoms with Crippen LogP contribution in [-0.4, -0.2) is 90.7 Å². The molecule has 1 aromatic carbocycles. The minimum Gasteiger partial charge on any atom is -0.491 e. The molecular weight excluding hydrogens is 484 g/mol.